The van der Waals surface area contributed by atoms with Gasteiger partial charge < -0.3 is 10.1 Å². The molecule has 1 fully saturated rings. The summed E-state index contributed by atoms with van der Waals surface area (Å²) < 4.78 is 5.04. The Labute approximate surface area is 152 Å². The predicted octanol–water partition coefficient (Wildman–Crippen LogP) is 3.81. The Morgan fingerprint density at radius 1 is 1.29 bits per heavy atom. The number of rotatable bonds is 7. The van der Waals surface area contributed by atoms with Crippen LogP contribution in [0.4, 0.5) is 0 Å². The van der Waals surface area contributed by atoms with E-state index < -0.39 is 0 Å². The van der Waals surface area contributed by atoms with E-state index in [9.17, 15) is 9.59 Å². The number of ether oxygens (including phenoxy) is 1. The van der Waals surface area contributed by atoms with E-state index in [1.54, 1.807) is 0 Å². The van der Waals surface area contributed by atoms with Gasteiger partial charge in [-0.05, 0) is 30.4 Å². The van der Waals surface area contributed by atoms with Crippen molar-refractivity contribution in [3.8, 4) is 0 Å². The molecular formula is C18H24ClNO3S. The number of carbonyl (C=O) groups excluding carboxylic acids is 2. The van der Waals surface area contributed by atoms with Crippen LogP contribution in [0.5, 0.6) is 0 Å². The zero-order valence-corrected chi connectivity index (χ0v) is 15.5. The smallest absolute Gasteiger partial charge is 0.316 e. The monoisotopic (exact) mass is 369 g/mol. The van der Waals surface area contributed by atoms with E-state index in [4.69, 9.17) is 16.3 Å². The molecule has 0 unspecified atom stereocenters. The minimum atomic E-state index is -0.376. The molecule has 1 aromatic rings. The van der Waals surface area contributed by atoms with Gasteiger partial charge in [0.05, 0.1) is 5.75 Å². The topological polar surface area (TPSA) is 55.4 Å². The molecule has 1 aliphatic carbocycles. The van der Waals surface area contributed by atoms with Gasteiger partial charge in [0.15, 0.2) is 6.61 Å². The Kier molecular flexibility index (Phi) is 7.92. The third kappa shape index (κ3) is 6.36. The van der Waals surface area contributed by atoms with Gasteiger partial charge in [-0.3, -0.25) is 9.59 Å². The molecule has 1 saturated carbocycles. The maximum Gasteiger partial charge on any atom is 0.316 e. The molecule has 0 aliphatic heterocycles. The number of hydrogen-bond donors (Lipinski definition) is 1. The fraction of sp³-hybridized carbons (Fsp3) is 0.556. The van der Waals surface area contributed by atoms with Crippen LogP contribution in [-0.4, -0.2) is 30.3 Å². The highest BCUT2D eigenvalue weighted by molar-refractivity contribution is 7.99. The van der Waals surface area contributed by atoms with Crippen LogP contribution < -0.4 is 5.32 Å². The van der Waals surface area contributed by atoms with E-state index in [1.807, 2.05) is 24.3 Å². The molecule has 1 aliphatic rings. The van der Waals surface area contributed by atoms with Crippen molar-refractivity contribution in [3.63, 3.8) is 0 Å². The summed E-state index contributed by atoms with van der Waals surface area (Å²) in [6.45, 7) is 1.95. The first-order valence-electron chi connectivity index (χ1n) is 8.32. The van der Waals surface area contributed by atoms with Gasteiger partial charge >= 0.3 is 5.97 Å². The number of benzene rings is 1. The molecule has 1 N–H and O–H groups in total. The first kappa shape index (κ1) is 19.1. The summed E-state index contributed by atoms with van der Waals surface area (Å²) >= 11 is 7.49. The molecule has 0 bridgehead atoms. The average Bonchev–Trinajstić information content (AvgIpc) is 2.57. The van der Waals surface area contributed by atoms with Crippen molar-refractivity contribution in [2.45, 2.75) is 44.4 Å². The number of hydrogen-bond acceptors (Lipinski definition) is 4. The van der Waals surface area contributed by atoms with E-state index in [-0.39, 0.29) is 30.3 Å². The lowest BCUT2D eigenvalue weighted by Crippen LogP contribution is -2.43. The second-order valence-corrected chi connectivity index (χ2v) is 7.57. The van der Waals surface area contributed by atoms with E-state index in [0.717, 1.165) is 24.8 Å². The molecule has 1 amide bonds. The van der Waals surface area contributed by atoms with Gasteiger partial charge in [0.1, 0.15) is 0 Å². The van der Waals surface area contributed by atoms with Crippen LogP contribution in [0, 0.1) is 5.92 Å². The summed E-state index contributed by atoms with van der Waals surface area (Å²) in [4.78, 5) is 23.6. The van der Waals surface area contributed by atoms with Gasteiger partial charge in [-0.15, -0.1) is 11.8 Å². The summed E-state index contributed by atoms with van der Waals surface area (Å²) in [5.74, 6) is 0.750. The lowest BCUT2D eigenvalue weighted by molar-refractivity contribution is -0.146. The van der Waals surface area contributed by atoms with E-state index in [1.165, 1.54) is 18.2 Å². The number of nitrogens with one attached hydrogen (secondary N) is 1. The summed E-state index contributed by atoms with van der Waals surface area (Å²) in [5, 5.41) is 3.67. The van der Waals surface area contributed by atoms with Gasteiger partial charge in [-0.25, -0.2) is 0 Å². The molecular weight excluding hydrogens is 346 g/mol. The van der Waals surface area contributed by atoms with Crippen LogP contribution >= 0.6 is 23.4 Å². The van der Waals surface area contributed by atoms with Crippen LogP contribution in [0.15, 0.2) is 24.3 Å². The van der Waals surface area contributed by atoms with Gasteiger partial charge in [0.2, 0.25) is 0 Å². The molecule has 2 rings (SSSR count). The van der Waals surface area contributed by atoms with Crippen LogP contribution in [0.3, 0.4) is 0 Å². The van der Waals surface area contributed by atoms with Crippen molar-refractivity contribution in [1.82, 2.24) is 5.32 Å². The quantitative estimate of drug-likeness (QED) is 0.742. The predicted molar refractivity (Wildman–Crippen MR) is 98.1 cm³/mol. The van der Waals surface area contributed by atoms with E-state index in [0.29, 0.717) is 16.7 Å². The summed E-state index contributed by atoms with van der Waals surface area (Å²) in [6.07, 6.45) is 4.52. The minimum Gasteiger partial charge on any atom is -0.455 e. The first-order valence-corrected chi connectivity index (χ1v) is 9.85. The Balaban J connectivity index is 1.62. The van der Waals surface area contributed by atoms with Crippen LogP contribution in [0.1, 0.15) is 38.2 Å². The maximum absolute atomic E-state index is 11.9. The second-order valence-electron chi connectivity index (χ2n) is 6.18. The maximum atomic E-state index is 11.9. The molecule has 1 aromatic carbocycles. The molecule has 4 nitrogen and oxygen atoms in total. The van der Waals surface area contributed by atoms with Crippen molar-refractivity contribution < 1.29 is 14.3 Å². The number of halogens is 1. The Bertz CT molecular complexity index is 567. The van der Waals surface area contributed by atoms with Crippen molar-refractivity contribution in [2.24, 2.45) is 5.92 Å². The van der Waals surface area contributed by atoms with Crippen LogP contribution in [0.2, 0.25) is 5.02 Å². The van der Waals surface area contributed by atoms with Crippen molar-refractivity contribution in [3.05, 3.63) is 34.9 Å². The number of carbonyl (C=O) groups is 2. The lowest BCUT2D eigenvalue weighted by atomic mass is 9.86. The van der Waals surface area contributed by atoms with Gasteiger partial charge in [-0.1, -0.05) is 49.6 Å². The van der Waals surface area contributed by atoms with Gasteiger partial charge in [0, 0.05) is 16.8 Å². The van der Waals surface area contributed by atoms with E-state index >= 15 is 0 Å². The number of esters is 1. The Morgan fingerprint density at radius 3 is 2.79 bits per heavy atom. The van der Waals surface area contributed by atoms with Crippen molar-refractivity contribution in [1.29, 1.82) is 0 Å². The van der Waals surface area contributed by atoms with E-state index in [2.05, 4.69) is 12.2 Å². The highest BCUT2D eigenvalue weighted by Crippen LogP contribution is 2.23. The molecule has 6 heteroatoms. The standard InChI is InChI=1S/C18H24ClNO3S/c1-13-6-2-5-9-16(13)20-17(21)10-23-18(22)12-24-11-14-7-3-4-8-15(14)19/h3-4,7-8,13,16H,2,5-6,9-12H2,1H3,(H,20,21)/t13-,16+/m0/s1. The van der Waals surface area contributed by atoms with Gasteiger partial charge in [-0.2, -0.15) is 0 Å². The lowest BCUT2D eigenvalue weighted by Gasteiger charge is -2.29. The zero-order valence-electron chi connectivity index (χ0n) is 13.9. The average molecular weight is 370 g/mol. The molecule has 132 valence electrons. The second kappa shape index (κ2) is 9.94. The number of amides is 1. The molecule has 0 radical (unpaired) electrons. The van der Waals surface area contributed by atoms with Crippen LogP contribution in [0.25, 0.3) is 0 Å². The fourth-order valence-corrected chi connectivity index (χ4v) is 3.93. The molecule has 24 heavy (non-hydrogen) atoms. The minimum absolute atomic E-state index is 0.200. The molecule has 0 saturated heterocycles. The molecule has 0 aromatic heterocycles. The zero-order chi connectivity index (χ0) is 17.4. The highest BCUT2D eigenvalue weighted by atomic mass is 35.5. The van der Waals surface area contributed by atoms with Crippen LogP contribution in [-0.2, 0) is 20.1 Å². The first-order chi connectivity index (χ1) is 11.6. The summed E-state index contributed by atoms with van der Waals surface area (Å²) in [5.41, 5.74) is 0.987. The number of thioether (sulfide) groups is 1. The van der Waals surface area contributed by atoms with Crippen molar-refractivity contribution >= 4 is 35.2 Å². The van der Waals surface area contributed by atoms with Crippen molar-refractivity contribution in [2.75, 3.05) is 12.4 Å². The third-order valence-corrected chi connectivity index (χ3v) is 5.58. The summed E-state index contributed by atoms with van der Waals surface area (Å²) in [6, 6.07) is 7.75. The Morgan fingerprint density at radius 2 is 2.04 bits per heavy atom. The molecule has 0 heterocycles. The third-order valence-electron chi connectivity index (χ3n) is 4.26. The Hall–Kier alpha value is -1.20. The molecule has 2 atom stereocenters. The summed E-state index contributed by atoms with van der Waals surface area (Å²) in [7, 11) is 0. The normalized spacial score (nSPS) is 20.4. The largest absolute Gasteiger partial charge is 0.455 e. The highest BCUT2D eigenvalue weighted by Gasteiger charge is 2.23. The molecule has 0 spiro atoms. The van der Waals surface area contributed by atoms with Gasteiger partial charge in [0.25, 0.3) is 5.91 Å². The SMILES string of the molecule is C[C@H]1CCCC[C@H]1NC(=O)COC(=O)CSCc1ccccc1Cl. The fourth-order valence-electron chi connectivity index (χ4n) is 2.83.